The van der Waals surface area contributed by atoms with Crippen molar-refractivity contribution in [1.29, 1.82) is 0 Å². The van der Waals surface area contributed by atoms with Gasteiger partial charge in [-0.25, -0.2) is 0 Å². The molecule has 2 N–H and O–H groups in total. The van der Waals surface area contributed by atoms with E-state index in [1.807, 2.05) is 55.5 Å². The van der Waals surface area contributed by atoms with E-state index in [2.05, 4.69) is 0 Å². The topological polar surface area (TPSA) is 35.2 Å². The maximum atomic E-state index is 5.91. The first-order chi connectivity index (χ1) is 7.83. The van der Waals surface area contributed by atoms with Crippen molar-refractivity contribution in [2.24, 2.45) is 0 Å². The van der Waals surface area contributed by atoms with Gasteiger partial charge >= 0.3 is 0 Å². The molecule has 2 heteroatoms. The van der Waals surface area contributed by atoms with Crippen LogP contribution in [0.3, 0.4) is 0 Å². The third-order valence-corrected chi connectivity index (χ3v) is 2.49. The van der Waals surface area contributed by atoms with Crippen LogP contribution < -0.4 is 10.5 Å². The fraction of sp³-hybridized carbons (Fsp3) is 0.143. The van der Waals surface area contributed by atoms with Crippen LogP contribution in [0.15, 0.2) is 48.6 Å². The molecule has 0 heterocycles. The van der Waals surface area contributed by atoms with Gasteiger partial charge in [0.1, 0.15) is 12.4 Å². The largest absolute Gasteiger partial charge is 0.489 e. The van der Waals surface area contributed by atoms with Gasteiger partial charge in [0.25, 0.3) is 0 Å². The Morgan fingerprint density at radius 1 is 1.12 bits per heavy atom. The van der Waals surface area contributed by atoms with E-state index < -0.39 is 0 Å². The summed E-state index contributed by atoms with van der Waals surface area (Å²) in [5.41, 5.74) is 6.70. The van der Waals surface area contributed by atoms with Gasteiger partial charge in [-0.3, -0.25) is 0 Å². The zero-order valence-corrected chi connectivity index (χ0v) is 9.31. The van der Waals surface area contributed by atoms with Crippen molar-refractivity contribution < 1.29 is 4.74 Å². The van der Waals surface area contributed by atoms with Crippen molar-refractivity contribution in [2.45, 2.75) is 6.92 Å². The van der Waals surface area contributed by atoms with Crippen molar-refractivity contribution in [2.75, 3.05) is 12.3 Å². The molecular weight excluding hydrogens is 198 g/mol. The highest BCUT2D eigenvalue weighted by atomic mass is 16.5. The molecule has 16 heavy (non-hydrogen) atoms. The summed E-state index contributed by atoms with van der Waals surface area (Å²) in [6.07, 6.45) is 3.95. The van der Waals surface area contributed by atoms with Gasteiger partial charge in [0.05, 0.1) is 0 Å². The minimum absolute atomic E-state index is 0.588. The number of fused-ring (bicyclic) bond motifs is 1. The number of ether oxygens (including phenoxy) is 1. The van der Waals surface area contributed by atoms with Crippen LogP contribution in [-0.2, 0) is 0 Å². The van der Waals surface area contributed by atoms with Gasteiger partial charge in [-0.1, -0.05) is 36.4 Å². The third kappa shape index (κ3) is 2.01. The molecule has 0 bridgehead atoms. The Morgan fingerprint density at radius 3 is 2.62 bits per heavy atom. The predicted octanol–water partition coefficient (Wildman–Crippen LogP) is 3.38. The Bertz CT molecular complexity index is 517. The molecule has 0 aliphatic heterocycles. The fourth-order valence-corrected chi connectivity index (χ4v) is 1.65. The first-order valence-corrected chi connectivity index (χ1v) is 5.34. The summed E-state index contributed by atoms with van der Waals surface area (Å²) in [5, 5.41) is 2.10. The summed E-state index contributed by atoms with van der Waals surface area (Å²) in [7, 11) is 0. The summed E-state index contributed by atoms with van der Waals surface area (Å²) in [4.78, 5) is 0. The van der Waals surface area contributed by atoms with Gasteiger partial charge in [0.2, 0.25) is 0 Å². The van der Waals surface area contributed by atoms with E-state index in [1.54, 1.807) is 0 Å². The molecule has 2 aromatic rings. The summed E-state index contributed by atoms with van der Waals surface area (Å²) in [5.74, 6) is 0.878. The molecular formula is C14H15NO. The normalized spacial score (nSPS) is 11.1. The average Bonchev–Trinajstić information content (AvgIpc) is 2.33. The zero-order chi connectivity index (χ0) is 11.4. The lowest BCUT2D eigenvalue weighted by molar-refractivity contribution is 0.367. The van der Waals surface area contributed by atoms with E-state index in [9.17, 15) is 0 Å². The Balaban J connectivity index is 2.42. The van der Waals surface area contributed by atoms with Gasteiger partial charge in [-0.2, -0.15) is 0 Å². The number of anilines is 1. The molecule has 0 spiro atoms. The van der Waals surface area contributed by atoms with E-state index in [4.69, 9.17) is 10.5 Å². The summed E-state index contributed by atoms with van der Waals surface area (Å²) >= 11 is 0. The van der Waals surface area contributed by atoms with Crippen molar-refractivity contribution in [3.8, 4) is 5.75 Å². The quantitative estimate of drug-likeness (QED) is 0.626. The highest BCUT2D eigenvalue weighted by Gasteiger charge is 2.03. The van der Waals surface area contributed by atoms with E-state index in [0.29, 0.717) is 6.61 Å². The van der Waals surface area contributed by atoms with Crippen LogP contribution in [0.2, 0.25) is 0 Å². The zero-order valence-electron chi connectivity index (χ0n) is 9.31. The molecule has 0 aliphatic rings. The number of rotatable bonds is 3. The second kappa shape index (κ2) is 4.71. The van der Waals surface area contributed by atoms with E-state index in [0.717, 1.165) is 22.2 Å². The maximum Gasteiger partial charge on any atom is 0.127 e. The van der Waals surface area contributed by atoms with Crippen molar-refractivity contribution >= 4 is 16.5 Å². The fourth-order valence-electron chi connectivity index (χ4n) is 1.65. The average molecular weight is 213 g/mol. The van der Waals surface area contributed by atoms with Crippen LogP contribution in [0.4, 0.5) is 5.69 Å². The lowest BCUT2D eigenvalue weighted by Crippen LogP contribution is -1.95. The summed E-state index contributed by atoms with van der Waals surface area (Å²) in [6, 6.07) is 11.8. The molecule has 0 aliphatic carbocycles. The smallest absolute Gasteiger partial charge is 0.127 e. The highest BCUT2D eigenvalue weighted by Crippen LogP contribution is 2.29. The Kier molecular flexibility index (Phi) is 3.10. The standard InChI is InChI=1S/C14H15NO/c1-2-3-10-16-14-9-8-13(15)11-6-4-5-7-12(11)14/h2-9H,10,15H2,1H3/b3-2+. The van der Waals surface area contributed by atoms with Crippen LogP contribution in [0.1, 0.15) is 6.92 Å². The first-order valence-electron chi connectivity index (χ1n) is 5.34. The van der Waals surface area contributed by atoms with Gasteiger partial charge in [-0.15, -0.1) is 0 Å². The number of benzene rings is 2. The minimum atomic E-state index is 0.588. The van der Waals surface area contributed by atoms with Crippen LogP contribution in [0.5, 0.6) is 5.75 Å². The lowest BCUT2D eigenvalue weighted by Gasteiger charge is -2.09. The predicted molar refractivity (Wildman–Crippen MR) is 68.7 cm³/mol. The Labute approximate surface area is 95.3 Å². The van der Waals surface area contributed by atoms with Crippen molar-refractivity contribution in [3.05, 3.63) is 48.6 Å². The molecule has 0 aromatic heterocycles. The molecule has 0 atom stereocenters. The third-order valence-electron chi connectivity index (χ3n) is 2.49. The van der Waals surface area contributed by atoms with Crippen LogP contribution in [-0.4, -0.2) is 6.61 Å². The second-order valence-corrected chi connectivity index (χ2v) is 3.58. The van der Waals surface area contributed by atoms with E-state index in [1.165, 1.54) is 0 Å². The Hall–Kier alpha value is -1.96. The number of allylic oxidation sites excluding steroid dienone is 1. The van der Waals surface area contributed by atoms with Crippen molar-refractivity contribution in [1.82, 2.24) is 0 Å². The minimum Gasteiger partial charge on any atom is -0.489 e. The maximum absolute atomic E-state index is 5.91. The molecule has 0 saturated carbocycles. The molecule has 0 saturated heterocycles. The first kappa shape index (κ1) is 10.6. The molecule has 0 unspecified atom stereocenters. The second-order valence-electron chi connectivity index (χ2n) is 3.58. The van der Waals surface area contributed by atoms with E-state index in [-0.39, 0.29) is 0 Å². The van der Waals surface area contributed by atoms with Crippen LogP contribution in [0, 0.1) is 0 Å². The SMILES string of the molecule is C/C=C/COc1ccc(N)c2ccccc12. The lowest BCUT2D eigenvalue weighted by atomic mass is 10.1. The van der Waals surface area contributed by atoms with Crippen LogP contribution in [0.25, 0.3) is 10.8 Å². The molecule has 0 radical (unpaired) electrons. The number of hydrogen-bond acceptors (Lipinski definition) is 2. The van der Waals surface area contributed by atoms with E-state index >= 15 is 0 Å². The van der Waals surface area contributed by atoms with Gasteiger partial charge in [0, 0.05) is 16.5 Å². The summed E-state index contributed by atoms with van der Waals surface area (Å²) < 4.78 is 5.67. The molecule has 2 nitrogen and oxygen atoms in total. The molecule has 0 fully saturated rings. The van der Waals surface area contributed by atoms with Gasteiger partial charge in [0.15, 0.2) is 0 Å². The monoisotopic (exact) mass is 213 g/mol. The molecule has 2 rings (SSSR count). The number of nitrogens with two attached hydrogens (primary N) is 1. The number of hydrogen-bond donors (Lipinski definition) is 1. The highest BCUT2D eigenvalue weighted by molar-refractivity contribution is 5.96. The molecule has 0 amide bonds. The van der Waals surface area contributed by atoms with Gasteiger partial charge in [-0.05, 0) is 19.1 Å². The van der Waals surface area contributed by atoms with Gasteiger partial charge < -0.3 is 10.5 Å². The summed E-state index contributed by atoms with van der Waals surface area (Å²) in [6.45, 7) is 2.56. The number of nitrogen functional groups attached to an aromatic ring is 1. The molecule has 2 aromatic carbocycles. The Morgan fingerprint density at radius 2 is 1.88 bits per heavy atom. The van der Waals surface area contributed by atoms with Crippen molar-refractivity contribution in [3.63, 3.8) is 0 Å². The van der Waals surface area contributed by atoms with Crippen LogP contribution >= 0.6 is 0 Å². The molecule has 82 valence electrons.